The fraction of sp³-hybridized carbons (Fsp3) is 0.609. The van der Waals surface area contributed by atoms with E-state index in [1.54, 1.807) is 6.20 Å². The van der Waals surface area contributed by atoms with Gasteiger partial charge in [-0.1, -0.05) is 18.5 Å². The second kappa shape index (κ2) is 11.3. The van der Waals surface area contributed by atoms with Gasteiger partial charge in [-0.15, -0.1) is 0 Å². The molecule has 1 aliphatic heterocycles. The van der Waals surface area contributed by atoms with Gasteiger partial charge in [-0.2, -0.15) is 15.3 Å². The molecule has 9 nitrogen and oxygen atoms in total. The van der Waals surface area contributed by atoms with Crippen molar-refractivity contribution in [1.29, 1.82) is 5.26 Å². The molecule has 1 amide bonds. The first-order chi connectivity index (χ1) is 15.9. The molecule has 3 heterocycles. The van der Waals surface area contributed by atoms with Crippen LogP contribution in [-0.4, -0.2) is 57.7 Å². The Morgan fingerprint density at radius 2 is 2.15 bits per heavy atom. The number of anilines is 3. The van der Waals surface area contributed by atoms with Crippen LogP contribution >= 0.6 is 11.6 Å². The normalized spacial score (nSPS) is 22.2. The van der Waals surface area contributed by atoms with Crippen molar-refractivity contribution in [3.05, 3.63) is 23.0 Å². The first-order valence-electron chi connectivity index (χ1n) is 11.5. The van der Waals surface area contributed by atoms with E-state index in [0.29, 0.717) is 40.5 Å². The van der Waals surface area contributed by atoms with E-state index in [-0.39, 0.29) is 0 Å². The maximum atomic E-state index is 11.2. The standard InChI is InChI=1S/C20H28ClN7O.C3H5N/c1-14-10-17(26-25-14)23-18-16(21)11-22-19(24-18)27(2)15-4-7-20(8-5-15)6-3-9-28(12-20)13-29;1-2-3-4/h10-11,13,15H,3-9,12H2,1-2H3,(H2,22,23,24,25,26);2H2,1H3. The summed E-state index contributed by atoms with van der Waals surface area (Å²) in [6.07, 6.45) is 10.0. The summed E-state index contributed by atoms with van der Waals surface area (Å²) in [6.45, 7) is 5.56. The Kier molecular flexibility index (Phi) is 8.50. The van der Waals surface area contributed by atoms with Crippen LogP contribution in [0.1, 0.15) is 57.6 Å². The Hall–Kier alpha value is -2.86. The number of hydrogen-bond donors (Lipinski definition) is 2. The van der Waals surface area contributed by atoms with E-state index < -0.39 is 0 Å². The second-order valence-corrected chi connectivity index (χ2v) is 9.37. The van der Waals surface area contributed by atoms with Crippen molar-refractivity contribution >= 4 is 35.6 Å². The number of rotatable bonds is 5. The highest BCUT2D eigenvalue weighted by Gasteiger charge is 2.39. The largest absolute Gasteiger partial charge is 0.345 e. The highest BCUT2D eigenvalue weighted by Crippen LogP contribution is 2.44. The molecule has 0 atom stereocenters. The Labute approximate surface area is 200 Å². The van der Waals surface area contributed by atoms with Crippen molar-refractivity contribution in [1.82, 2.24) is 25.1 Å². The van der Waals surface area contributed by atoms with Crippen LogP contribution in [0.2, 0.25) is 5.02 Å². The zero-order chi connectivity index (χ0) is 23.8. The SMILES string of the molecule is CCC#N.Cc1cc(Nc2nc(N(C)C3CCC4(CCCN(C=O)C4)CC3)ncc2Cl)n[nH]1. The van der Waals surface area contributed by atoms with Gasteiger partial charge in [0.2, 0.25) is 12.4 Å². The number of likely N-dealkylation sites (tertiary alicyclic amines) is 1. The van der Waals surface area contributed by atoms with Crippen molar-refractivity contribution in [3.8, 4) is 6.07 Å². The highest BCUT2D eigenvalue weighted by molar-refractivity contribution is 6.32. The number of carbonyl (C=O) groups is 1. The monoisotopic (exact) mass is 472 g/mol. The lowest BCUT2D eigenvalue weighted by molar-refractivity contribution is -0.122. The number of H-pyrrole nitrogens is 1. The number of hydrogen-bond acceptors (Lipinski definition) is 7. The molecule has 2 N–H and O–H groups in total. The number of carbonyl (C=O) groups excluding carboxylic acids is 1. The molecule has 4 rings (SSSR count). The molecule has 2 fully saturated rings. The predicted molar refractivity (Wildman–Crippen MR) is 130 cm³/mol. The molecular formula is C23H33ClN8O. The van der Waals surface area contributed by atoms with Gasteiger partial charge in [0.15, 0.2) is 11.6 Å². The van der Waals surface area contributed by atoms with Crippen LogP contribution < -0.4 is 10.2 Å². The van der Waals surface area contributed by atoms with Crippen LogP contribution in [0, 0.1) is 23.7 Å². The van der Waals surface area contributed by atoms with Gasteiger partial charge in [0.1, 0.15) is 5.02 Å². The first kappa shape index (κ1) is 24.8. The number of nitrogens with one attached hydrogen (secondary N) is 2. The molecule has 0 unspecified atom stereocenters. The van der Waals surface area contributed by atoms with E-state index in [1.807, 2.05) is 37.9 Å². The van der Waals surface area contributed by atoms with E-state index in [2.05, 4.69) is 30.4 Å². The van der Waals surface area contributed by atoms with Crippen molar-refractivity contribution in [2.45, 2.75) is 64.8 Å². The van der Waals surface area contributed by atoms with Crippen LogP contribution in [0.3, 0.4) is 0 Å². The number of aromatic nitrogens is 4. The lowest BCUT2D eigenvalue weighted by Gasteiger charge is -2.47. The molecule has 1 spiro atoms. The van der Waals surface area contributed by atoms with Crippen LogP contribution in [0.15, 0.2) is 12.3 Å². The Morgan fingerprint density at radius 1 is 1.42 bits per heavy atom. The lowest BCUT2D eigenvalue weighted by Crippen LogP contribution is -2.47. The zero-order valence-corrected chi connectivity index (χ0v) is 20.4. The summed E-state index contributed by atoms with van der Waals surface area (Å²) in [5.41, 5.74) is 1.25. The third kappa shape index (κ3) is 6.35. The third-order valence-electron chi connectivity index (χ3n) is 6.56. The van der Waals surface area contributed by atoms with Crippen molar-refractivity contribution < 1.29 is 4.79 Å². The van der Waals surface area contributed by atoms with Crippen LogP contribution in [-0.2, 0) is 4.79 Å². The first-order valence-corrected chi connectivity index (χ1v) is 11.9. The molecule has 0 aromatic carbocycles. The third-order valence-corrected chi connectivity index (χ3v) is 6.84. The van der Waals surface area contributed by atoms with E-state index >= 15 is 0 Å². The maximum absolute atomic E-state index is 11.2. The lowest BCUT2D eigenvalue weighted by atomic mass is 9.68. The van der Waals surface area contributed by atoms with E-state index in [4.69, 9.17) is 16.9 Å². The minimum absolute atomic E-state index is 0.294. The molecule has 0 bridgehead atoms. The Morgan fingerprint density at radius 3 is 2.76 bits per heavy atom. The quantitative estimate of drug-likeness (QED) is 0.618. The molecule has 1 aliphatic carbocycles. The van der Waals surface area contributed by atoms with Gasteiger partial charge in [-0.3, -0.25) is 9.89 Å². The zero-order valence-electron chi connectivity index (χ0n) is 19.6. The minimum atomic E-state index is 0.294. The molecule has 1 saturated carbocycles. The molecule has 1 saturated heterocycles. The number of aromatic amines is 1. The van der Waals surface area contributed by atoms with Gasteiger partial charge in [-0.05, 0) is 50.9 Å². The average Bonchev–Trinajstić information content (AvgIpc) is 3.25. The molecule has 10 heteroatoms. The van der Waals surface area contributed by atoms with Gasteiger partial charge in [0, 0.05) is 44.4 Å². The molecule has 2 aromatic heterocycles. The number of nitriles is 1. The number of nitrogens with zero attached hydrogens (tertiary/aromatic N) is 6. The van der Waals surface area contributed by atoms with Gasteiger partial charge >= 0.3 is 0 Å². The Bertz CT molecular complexity index is 964. The van der Waals surface area contributed by atoms with Gasteiger partial charge in [-0.25, -0.2) is 4.98 Å². The number of amides is 1. The topological polar surface area (TPSA) is 114 Å². The predicted octanol–water partition coefficient (Wildman–Crippen LogP) is 4.44. The highest BCUT2D eigenvalue weighted by atomic mass is 35.5. The smallest absolute Gasteiger partial charge is 0.227 e. The Balaban J connectivity index is 0.000000709. The number of halogens is 1. The van der Waals surface area contributed by atoms with E-state index in [9.17, 15) is 4.79 Å². The van der Waals surface area contributed by atoms with Crippen molar-refractivity contribution in [3.63, 3.8) is 0 Å². The van der Waals surface area contributed by atoms with Crippen LogP contribution in [0.5, 0.6) is 0 Å². The van der Waals surface area contributed by atoms with Gasteiger partial charge in [0.05, 0.1) is 12.3 Å². The van der Waals surface area contributed by atoms with Crippen molar-refractivity contribution in [2.24, 2.45) is 5.41 Å². The summed E-state index contributed by atoms with van der Waals surface area (Å²) in [7, 11) is 2.05. The molecular weight excluding hydrogens is 440 g/mol. The summed E-state index contributed by atoms with van der Waals surface area (Å²) < 4.78 is 0. The summed E-state index contributed by atoms with van der Waals surface area (Å²) in [4.78, 5) is 24.4. The van der Waals surface area contributed by atoms with Gasteiger partial charge < -0.3 is 15.1 Å². The van der Waals surface area contributed by atoms with E-state index in [1.165, 1.54) is 6.42 Å². The summed E-state index contributed by atoms with van der Waals surface area (Å²) in [5.74, 6) is 1.88. The summed E-state index contributed by atoms with van der Waals surface area (Å²) >= 11 is 6.29. The van der Waals surface area contributed by atoms with Gasteiger partial charge in [0.25, 0.3) is 0 Å². The summed E-state index contributed by atoms with van der Waals surface area (Å²) in [5, 5.41) is 18.3. The van der Waals surface area contributed by atoms with Crippen LogP contribution in [0.25, 0.3) is 0 Å². The minimum Gasteiger partial charge on any atom is -0.345 e. The molecule has 33 heavy (non-hydrogen) atoms. The molecule has 0 radical (unpaired) electrons. The summed E-state index contributed by atoms with van der Waals surface area (Å²) in [6, 6.07) is 4.21. The molecule has 2 aromatic rings. The second-order valence-electron chi connectivity index (χ2n) is 8.96. The molecule has 2 aliphatic rings. The average molecular weight is 473 g/mol. The number of aryl methyl sites for hydroxylation is 1. The fourth-order valence-corrected chi connectivity index (χ4v) is 4.87. The van der Waals surface area contributed by atoms with E-state index in [0.717, 1.165) is 57.3 Å². The maximum Gasteiger partial charge on any atom is 0.227 e. The van der Waals surface area contributed by atoms with Crippen molar-refractivity contribution in [2.75, 3.05) is 30.4 Å². The number of piperidine rings is 1. The molecule has 178 valence electrons. The fourth-order valence-electron chi connectivity index (χ4n) is 4.73. The van der Waals surface area contributed by atoms with Crippen LogP contribution in [0.4, 0.5) is 17.6 Å².